The maximum Gasteiger partial charge on any atom is 0.328 e. The molecule has 1 aliphatic heterocycles. The lowest BCUT2D eigenvalue weighted by molar-refractivity contribution is -0.145. The van der Waals surface area contributed by atoms with Crippen molar-refractivity contribution in [3.63, 3.8) is 0 Å². The van der Waals surface area contributed by atoms with Crippen molar-refractivity contribution in [2.75, 3.05) is 45.9 Å². The van der Waals surface area contributed by atoms with Crippen LogP contribution in [0.2, 0.25) is 0 Å². The first-order valence-electron chi connectivity index (χ1n) is 24.0. The Kier molecular flexibility index (Phi) is 30.9. The molecule has 0 aromatic rings. The number of hydrogen-bond acceptors (Lipinski definition) is 18. The average molecular weight is 1020 g/mol. The molecule has 1 rings (SSSR count). The van der Waals surface area contributed by atoms with E-state index in [0.717, 1.165) is 4.90 Å². The molecule has 8 amide bonds. The van der Waals surface area contributed by atoms with Gasteiger partial charge in [0.25, 0.3) is 0 Å². The first-order valence-corrected chi connectivity index (χ1v) is 24.0. The summed E-state index contributed by atoms with van der Waals surface area (Å²) in [5.74, 6) is -10.5. The summed E-state index contributed by atoms with van der Waals surface area (Å²) in [6.07, 6.45) is 1.16. The summed E-state index contributed by atoms with van der Waals surface area (Å²) in [4.78, 5) is 133. The average Bonchev–Trinajstić information content (AvgIpc) is 3.83. The number of nitrogens with two attached hydrogens (primary N) is 5. The largest absolute Gasteiger partial charge is 0.481 e. The van der Waals surface area contributed by atoms with Gasteiger partial charge in [-0.2, -0.15) is 0 Å². The number of amides is 8. The number of likely N-dealkylation sites (tertiary alicyclic amines) is 1. The van der Waals surface area contributed by atoms with Crippen LogP contribution in [-0.2, 0) is 47.9 Å². The van der Waals surface area contributed by atoms with Crippen LogP contribution in [0.15, 0.2) is 0 Å². The SMILES string of the molecule is C[C@@H](O)[C@H](NC(=O)[C@H](CCCCN)NC(=O)[C@H](CC(=O)O)NC(=O)[C@@H](N)CCCCN)C(=O)N1CCC[C@H]1C(=O)N[C@@H](CCCCN)C(=O)N[C@@H](CO)C(=O)N[C@@H](CCCCN)C(=O)N[C@@H](CO)C(=O)O. The highest BCUT2D eigenvalue weighted by molar-refractivity contribution is 5.99. The van der Waals surface area contributed by atoms with E-state index in [-0.39, 0.29) is 71.1 Å². The summed E-state index contributed by atoms with van der Waals surface area (Å²) < 4.78 is 0. The van der Waals surface area contributed by atoms with Gasteiger partial charge in [0, 0.05) is 6.54 Å². The molecule has 0 aromatic heterocycles. The van der Waals surface area contributed by atoms with Crippen LogP contribution < -0.4 is 65.9 Å². The van der Waals surface area contributed by atoms with Gasteiger partial charge in [0.2, 0.25) is 47.3 Å². The van der Waals surface area contributed by atoms with E-state index in [1.54, 1.807) is 0 Å². The lowest BCUT2D eigenvalue weighted by Crippen LogP contribution is -2.62. The lowest BCUT2D eigenvalue weighted by atomic mass is 10.0. The number of rotatable bonds is 37. The highest BCUT2D eigenvalue weighted by Gasteiger charge is 2.41. The predicted molar refractivity (Wildman–Crippen MR) is 254 cm³/mol. The second-order valence-electron chi connectivity index (χ2n) is 17.3. The van der Waals surface area contributed by atoms with E-state index in [0.29, 0.717) is 51.5 Å². The van der Waals surface area contributed by atoms with Crippen molar-refractivity contribution in [2.24, 2.45) is 28.7 Å². The fraction of sp³-hybridized carbons (Fsp3) is 0.767. The van der Waals surface area contributed by atoms with Crippen LogP contribution in [0.5, 0.6) is 0 Å². The fourth-order valence-corrected chi connectivity index (χ4v) is 7.45. The van der Waals surface area contributed by atoms with Crippen LogP contribution in [0.3, 0.4) is 0 Å². The van der Waals surface area contributed by atoms with Gasteiger partial charge in [-0.05, 0) is 117 Å². The van der Waals surface area contributed by atoms with Gasteiger partial charge in [-0.25, -0.2) is 4.79 Å². The summed E-state index contributed by atoms with van der Waals surface area (Å²) >= 11 is 0. The molecule has 22 N–H and O–H groups in total. The molecule has 0 aliphatic carbocycles. The molecular formula is C43H79N13O15. The van der Waals surface area contributed by atoms with Crippen molar-refractivity contribution >= 4 is 59.2 Å². The van der Waals surface area contributed by atoms with E-state index in [1.807, 2.05) is 0 Å². The Hall–Kier alpha value is -5.62. The van der Waals surface area contributed by atoms with Crippen LogP contribution in [0.4, 0.5) is 0 Å². The molecule has 0 bridgehead atoms. The Morgan fingerprint density at radius 2 is 0.930 bits per heavy atom. The normalized spacial score (nSPS) is 17.1. The number of nitrogens with one attached hydrogen (secondary N) is 7. The van der Waals surface area contributed by atoms with E-state index < -0.39 is 139 Å². The number of carboxylic acids is 2. The summed E-state index contributed by atoms with van der Waals surface area (Å²) in [6.45, 7) is 0.270. The first-order chi connectivity index (χ1) is 33.7. The van der Waals surface area contributed by atoms with Crippen molar-refractivity contribution < 1.29 is 73.5 Å². The van der Waals surface area contributed by atoms with Gasteiger partial charge in [0.15, 0.2) is 0 Å². The first kappa shape index (κ1) is 63.4. The molecule has 0 radical (unpaired) electrons. The molecule has 0 spiro atoms. The van der Waals surface area contributed by atoms with Crippen molar-refractivity contribution in [3.05, 3.63) is 0 Å². The van der Waals surface area contributed by atoms with Gasteiger partial charge < -0.3 is 96.3 Å². The van der Waals surface area contributed by atoms with Crippen LogP contribution in [0.1, 0.15) is 103 Å². The summed E-state index contributed by atoms with van der Waals surface area (Å²) in [6, 6.07) is -13.2. The van der Waals surface area contributed by atoms with Crippen molar-refractivity contribution in [1.82, 2.24) is 42.1 Å². The Labute approximate surface area is 412 Å². The molecule has 406 valence electrons. The predicted octanol–water partition coefficient (Wildman–Crippen LogP) is -6.86. The molecule has 1 fully saturated rings. The van der Waals surface area contributed by atoms with Crippen LogP contribution in [-0.4, -0.2) is 196 Å². The zero-order valence-electron chi connectivity index (χ0n) is 40.5. The van der Waals surface area contributed by atoms with Crippen LogP contribution in [0, 0.1) is 0 Å². The maximum absolute atomic E-state index is 14.2. The third-order valence-corrected chi connectivity index (χ3v) is 11.6. The molecule has 71 heavy (non-hydrogen) atoms. The maximum atomic E-state index is 14.2. The fourth-order valence-electron chi connectivity index (χ4n) is 7.45. The van der Waals surface area contributed by atoms with E-state index in [4.69, 9.17) is 28.7 Å². The molecular weight excluding hydrogens is 939 g/mol. The van der Waals surface area contributed by atoms with Crippen molar-refractivity contribution in [2.45, 2.75) is 164 Å². The topological polar surface area (TPSA) is 489 Å². The Bertz CT molecular complexity index is 1750. The second kappa shape index (κ2) is 34.7. The number of carboxylic acid groups (broad SMARTS) is 2. The molecule has 1 aliphatic rings. The molecule has 28 nitrogen and oxygen atoms in total. The Morgan fingerprint density at radius 3 is 1.37 bits per heavy atom. The Balaban J connectivity index is 3.32. The van der Waals surface area contributed by atoms with Crippen LogP contribution in [0.25, 0.3) is 0 Å². The molecule has 10 atom stereocenters. The standard InChI is InChI=1S/C43H79N13O15/c1-24(59)34(55-38(65)28(14-5-9-19-47)49-39(66)29(21-33(60)61)52-35(62)25(48)11-2-6-16-44)42(69)56-20-10-15-32(56)41(68)51-27(13-4-8-18-46)36(63)53-30(22-57)40(67)50-26(12-3-7-17-45)37(64)54-31(23-58)43(70)71/h24-32,34,57-59H,2-23,44-48H2,1H3,(H,49,66)(H,50,67)(H,51,68)(H,52,62)(H,53,63)(H,54,64)(H,55,65)(H,60,61)(H,70,71)/t24-,25+,26+,27+,28+,29+,30+,31+,32+,34+/m1/s1. The smallest absolute Gasteiger partial charge is 0.328 e. The number of hydrogen-bond donors (Lipinski definition) is 17. The van der Waals surface area contributed by atoms with E-state index in [9.17, 15) is 73.5 Å². The number of unbranched alkanes of at least 4 members (excludes halogenated alkanes) is 4. The van der Waals surface area contributed by atoms with Gasteiger partial charge >= 0.3 is 11.9 Å². The van der Waals surface area contributed by atoms with E-state index >= 15 is 0 Å². The third-order valence-electron chi connectivity index (χ3n) is 11.6. The zero-order valence-corrected chi connectivity index (χ0v) is 40.5. The number of carbonyl (C=O) groups excluding carboxylic acids is 8. The van der Waals surface area contributed by atoms with Gasteiger partial charge in [-0.15, -0.1) is 0 Å². The van der Waals surface area contributed by atoms with Gasteiger partial charge in [-0.1, -0.05) is 6.42 Å². The third kappa shape index (κ3) is 23.0. The summed E-state index contributed by atoms with van der Waals surface area (Å²) in [5.41, 5.74) is 28.3. The highest BCUT2D eigenvalue weighted by Crippen LogP contribution is 2.20. The van der Waals surface area contributed by atoms with E-state index in [1.165, 1.54) is 6.92 Å². The van der Waals surface area contributed by atoms with Crippen molar-refractivity contribution in [3.8, 4) is 0 Å². The zero-order chi connectivity index (χ0) is 53.6. The quantitative estimate of drug-likeness (QED) is 0.0257. The number of carbonyl (C=O) groups is 10. The molecule has 0 saturated carbocycles. The minimum absolute atomic E-state index is 0.0266. The minimum Gasteiger partial charge on any atom is -0.481 e. The number of aliphatic hydroxyl groups is 3. The number of nitrogens with zero attached hydrogens (tertiary/aromatic N) is 1. The molecule has 1 heterocycles. The highest BCUT2D eigenvalue weighted by atomic mass is 16.4. The van der Waals surface area contributed by atoms with Gasteiger partial charge in [-0.3, -0.25) is 43.2 Å². The second-order valence-corrected chi connectivity index (χ2v) is 17.3. The number of aliphatic carboxylic acids is 2. The molecule has 1 saturated heterocycles. The number of aliphatic hydroxyl groups excluding tert-OH is 3. The lowest BCUT2D eigenvalue weighted by Gasteiger charge is -2.32. The summed E-state index contributed by atoms with van der Waals surface area (Å²) in [7, 11) is 0. The van der Waals surface area contributed by atoms with Gasteiger partial charge in [0.1, 0.15) is 48.3 Å². The van der Waals surface area contributed by atoms with Crippen LogP contribution >= 0.6 is 0 Å². The monoisotopic (exact) mass is 1020 g/mol. The molecule has 28 heteroatoms. The van der Waals surface area contributed by atoms with E-state index in [2.05, 4.69) is 37.2 Å². The molecule has 0 unspecified atom stereocenters. The molecule has 0 aromatic carbocycles. The minimum atomic E-state index is -1.70. The van der Waals surface area contributed by atoms with Gasteiger partial charge in [0.05, 0.1) is 31.8 Å². The Morgan fingerprint density at radius 1 is 0.535 bits per heavy atom. The summed E-state index contributed by atoms with van der Waals surface area (Å²) in [5, 5.41) is 65.8. The van der Waals surface area contributed by atoms with Crippen molar-refractivity contribution in [1.29, 1.82) is 0 Å².